The van der Waals surface area contributed by atoms with Crippen LogP contribution in [0.3, 0.4) is 0 Å². The van der Waals surface area contributed by atoms with Crippen LogP contribution in [0.2, 0.25) is 0 Å². The van der Waals surface area contributed by atoms with Gasteiger partial charge in [0.05, 0.1) is 5.69 Å². The van der Waals surface area contributed by atoms with Crippen molar-refractivity contribution >= 4 is 10.9 Å². The summed E-state index contributed by atoms with van der Waals surface area (Å²) in [4.78, 5) is 4.53. The van der Waals surface area contributed by atoms with Crippen LogP contribution in [0.25, 0.3) is 10.9 Å². The van der Waals surface area contributed by atoms with Gasteiger partial charge in [-0.15, -0.1) is 0 Å². The molecule has 0 unspecified atom stereocenters. The maximum absolute atomic E-state index is 9.88. The first kappa shape index (κ1) is 20.6. The predicted octanol–water partition coefficient (Wildman–Crippen LogP) is 1.73. The number of aromatic nitrogens is 1. The summed E-state index contributed by atoms with van der Waals surface area (Å²) in [6.45, 7) is 6.67. The number of nitrogens with one attached hydrogen (secondary N) is 3. The fraction of sp³-hybridized carbons (Fsp3) is 0.550. The number of pyridine rings is 1. The molecule has 144 valence electrons. The molecule has 0 spiro atoms. The minimum Gasteiger partial charge on any atom is -0.506 e. The van der Waals surface area contributed by atoms with Crippen molar-refractivity contribution in [3.05, 3.63) is 36.0 Å². The summed E-state index contributed by atoms with van der Waals surface area (Å²) in [6.07, 6.45) is 4.51. The third kappa shape index (κ3) is 7.66. The number of nitrogens with zero attached hydrogens (tertiary/aromatic N) is 1. The predicted molar refractivity (Wildman–Crippen MR) is 108 cm³/mol. The van der Waals surface area contributed by atoms with Crippen molar-refractivity contribution < 1.29 is 5.11 Å². The lowest BCUT2D eigenvalue weighted by Gasteiger charge is -2.08. The number of benzene rings is 1. The SMILES string of the molecule is NCCCNCCCNCCCCNCc1ccc2cccc(O)c2n1. The monoisotopic (exact) mass is 359 g/mol. The lowest BCUT2D eigenvalue weighted by atomic mass is 10.2. The second-order valence-electron chi connectivity index (χ2n) is 6.53. The highest BCUT2D eigenvalue weighted by Crippen LogP contribution is 2.22. The average Bonchev–Trinajstić information content (AvgIpc) is 2.66. The van der Waals surface area contributed by atoms with Gasteiger partial charge in [-0.1, -0.05) is 18.2 Å². The molecule has 0 aliphatic rings. The molecular weight excluding hydrogens is 326 g/mol. The van der Waals surface area contributed by atoms with Gasteiger partial charge >= 0.3 is 0 Å². The molecule has 6 nitrogen and oxygen atoms in total. The first-order chi connectivity index (χ1) is 12.8. The Kier molecular flexibility index (Phi) is 9.97. The maximum Gasteiger partial charge on any atom is 0.141 e. The molecule has 1 aromatic carbocycles. The second-order valence-corrected chi connectivity index (χ2v) is 6.53. The first-order valence-corrected chi connectivity index (χ1v) is 9.71. The third-order valence-electron chi connectivity index (χ3n) is 4.28. The topological polar surface area (TPSA) is 95.2 Å². The van der Waals surface area contributed by atoms with E-state index in [0.29, 0.717) is 5.52 Å². The lowest BCUT2D eigenvalue weighted by molar-refractivity contribution is 0.480. The molecule has 0 aliphatic heterocycles. The molecule has 1 aromatic heterocycles. The Balaban J connectivity index is 1.48. The number of phenols is 1. The maximum atomic E-state index is 9.88. The van der Waals surface area contributed by atoms with Gasteiger partial charge in [-0.3, -0.25) is 0 Å². The standard InChI is InChI=1S/C20H33N5O/c21-10-4-13-23-15-5-14-22-11-1-2-12-24-16-18-9-8-17-6-3-7-19(26)20(17)25-18/h3,6-9,22-24,26H,1-2,4-5,10-16,21H2. The first-order valence-electron chi connectivity index (χ1n) is 9.71. The van der Waals surface area contributed by atoms with Crippen LogP contribution < -0.4 is 21.7 Å². The van der Waals surface area contributed by atoms with Crippen molar-refractivity contribution in [1.82, 2.24) is 20.9 Å². The van der Waals surface area contributed by atoms with E-state index >= 15 is 0 Å². The normalized spacial score (nSPS) is 11.3. The van der Waals surface area contributed by atoms with Crippen molar-refractivity contribution in [2.45, 2.75) is 32.2 Å². The molecule has 0 bridgehead atoms. The zero-order chi connectivity index (χ0) is 18.5. The average molecular weight is 360 g/mol. The van der Waals surface area contributed by atoms with Crippen molar-refractivity contribution in [1.29, 1.82) is 0 Å². The molecule has 0 aliphatic carbocycles. The number of hydrogen-bond donors (Lipinski definition) is 5. The minimum atomic E-state index is 0.241. The highest BCUT2D eigenvalue weighted by atomic mass is 16.3. The Hall–Kier alpha value is -1.73. The van der Waals surface area contributed by atoms with Crippen molar-refractivity contribution in [2.24, 2.45) is 5.73 Å². The van der Waals surface area contributed by atoms with Crippen LogP contribution in [0, 0.1) is 0 Å². The van der Waals surface area contributed by atoms with Crippen molar-refractivity contribution in [3.63, 3.8) is 0 Å². The van der Waals surface area contributed by atoms with Gasteiger partial charge < -0.3 is 26.8 Å². The van der Waals surface area contributed by atoms with E-state index in [1.807, 2.05) is 24.3 Å². The Bertz CT molecular complexity index is 635. The molecule has 0 saturated carbocycles. The van der Waals surface area contributed by atoms with E-state index in [9.17, 15) is 5.11 Å². The largest absolute Gasteiger partial charge is 0.506 e. The van der Waals surface area contributed by atoms with Crippen LogP contribution in [0.4, 0.5) is 0 Å². The van der Waals surface area contributed by atoms with Crippen molar-refractivity contribution in [2.75, 3.05) is 39.3 Å². The van der Waals surface area contributed by atoms with E-state index in [2.05, 4.69) is 20.9 Å². The van der Waals surface area contributed by atoms with E-state index in [-0.39, 0.29) is 5.75 Å². The molecule has 0 fully saturated rings. The van der Waals surface area contributed by atoms with Crippen LogP contribution in [-0.2, 0) is 6.54 Å². The molecule has 6 heteroatoms. The number of fused-ring (bicyclic) bond motifs is 1. The summed E-state index contributed by atoms with van der Waals surface area (Å²) in [6, 6.07) is 9.49. The molecular formula is C20H33N5O. The van der Waals surface area contributed by atoms with Crippen LogP contribution in [-0.4, -0.2) is 49.4 Å². The molecule has 6 N–H and O–H groups in total. The summed E-state index contributed by atoms with van der Waals surface area (Å²) in [5.74, 6) is 0.241. The number of rotatable bonds is 14. The molecule has 0 atom stereocenters. The van der Waals surface area contributed by atoms with Crippen LogP contribution >= 0.6 is 0 Å². The van der Waals surface area contributed by atoms with Gasteiger partial charge in [0.25, 0.3) is 0 Å². The third-order valence-corrected chi connectivity index (χ3v) is 4.28. The summed E-state index contributed by atoms with van der Waals surface area (Å²) >= 11 is 0. The fourth-order valence-electron chi connectivity index (χ4n) is 2.80. The van der Waals surface area contributed by atoms with E-state index < -0.39 is 0 Å². The lowest BCUT2D eigenvalue weighted by Crippen LogP contribution is -2.24. The second kappa shape index (κ2) is 12.6. The summed E-state index contributed by atoms with van der Waals surface area (Å²) < 4.78 is 0. The molecule has 1 heterocycles. The van der Waals surface area contributed by atoms with Crippen LogP contribution in [0.5, 0.6) is 5.75 Å². The fourth-order valence-corrected chi connectivity index (χ4v) is 2.80. The number of aromatic hydroxyl groups is 1. The van der Waals surface area contributed by atoms with Gasteiger partial charge in [0.2, 0.25) is 0 Å². The van der Waals surface area contributed by atoms with Crippen LogP contribution in [0.1, 0.15) is 31.4 Å². The Morgan fingerprint density at radius 1 is 0.808 bits per heavy atom. The highest BCUT2D eigenvalue weighted by Gasteiger charge is 2.02. The van der Waals surface area contributed by atoms with E-state index in [1.54, 1.807) is 6.07 Å². The van der Waals surface area contributed by atoms with E-state index in [4.69, 9.17) is 5.73 Å². The minimum absolute atomic E-state index is 0.241. The number of para-hydroxylation sites is 1. The van der Waals surface area contributed by atoms with Gasteiger partial charge in [0, 0.05) is 11.9 Å². The van der Waals surface area contributed by atoms with Crippen LogP contribution in [0.15, 0.2) is 30.3 Å². The highest BCUT2D eigenvalue weighted by molar-refractivity contribution is 5.84. The Morgan fingerprint density at radius 3 is 2.27 bits per heavy atom. The Labute approximate surface area is 156 Å². The molecule has 2 rings (SSSR count). The van der Waals surface area contributed by atoms with Crippen molar-refractivity contribution in [3.8, 4) is 5.75 Å². The zero-order valence-electron chi connectivity index (χ0n) is 15.6. The molecule has 2 aromatic rings. The van der Waals surface area contributed by atoms with Gasteiger partial charge in [-0.25, -0.2) is 4.98 Å². The van der Waals surface area contributed by atoms with Gasteiger partial charge in [0.1, 0.15) is 11.3 Å². The van der Waals surface area contributed by atoms with E-state index in [1.165, 1.54) is 6.42 Å². The number of phenolic OH excluding ortho intramolecular Hbond substituents is 1. The Morgan fingerprint density at radius 2 is 1.50 bits per heavy atom. The zero-order valence-corrected chi connectivity index (χ0v) is 15.6. The number of nitrogens with two attached hydrogens (primary N) is 1. The van der Waals surface area contributed by atoms with Gasteiger partial charge in [0.15, 0.2) is 0 Å². The smallest absolute Gasteiger partial charge is 0.141 e. The summed E-state index contributed by atoms with van der Waals surface area (Å²) in [7, 11) is 0. The molecule has 0 amide bonds. The quantitative estimate of drug-likeness (QED) is 0.330. The summed E-state index contributed by atoms with van der Waals surface area (Å²) in [5.41, 5.74) is 7.08. The number of unbranched alkanes of at least 4 members (excludes halogenated alkanes) is 1. The van der Waals surface area contributed by atoms with Gasteiger partial charge in [-0.2, -0.15) is 0 Å². The number of hydrogen-bond acceptors (Lipinski definition) is 6. The van der Waals surface area contributed by atoms with E-state index in [0.717, 1.165) is 76.2 Å². The molecule has 26 heavy (non-hydrogen) atoms. The van der Waals surface area contributed by atoms with Gasteiger partial charge in [-0.05, 0) is 77.1 Å². The summed E-state index contributed by atoms with van der Waals surface area (Å²) in [5, 5.41) is 21.1. The molecule has 0 radical (unpaired) electrons. The molecule has 0 saturated heterocycles.